The van der Waals surface area contributed by atoms with Crippen molar-refractivity contribution in [1.82, 2.24) is 10.2 Å². The first-order chi connectivity index (χ1) is 14.0. The molecular formula is C22H27FN2O4. The predicted molar refractivity (Wildman–Crippen MR) is 108 cm³/mol. The molecule has 0 bridgehead atoms. The van der Waals surface area contributed by atoms with Crippen molar-refractivity contribution in [3.05, 3.63) is 59.9 Å². The Hall–Kier alpha value is -3.09. The summed E-state index contributed by atoms with van der Waals surface area (Å²) in [5, 5.41) is 2.78. The summed E-state index contributed by atoms with van der Waals surface area (Å²) in [5.74, 6) is 0.172. The lowest BCUT2D eigenvalue weighted by Crippen LogP contribution is -2.50. The highest BCUT2D eigenvalue weighted by Gasteiger charge is 2.28. The maximum Gasteiger partial charge on any atom is 0.261 e. The molecule has 0 aliphatic heterocycles. The van der Waals surface area contributed by atoms with Crippen molar-refractivity contribution < 1.29 is 23.5 Å². The summed E-state index contributed by atoms with van der Waals surface area (Å²) < 4.78 is 23.7. The van der Waals surface area contributed by atoms with Crippen LogP contribution in [-0.4, -0.2) is 43.0 Å². The number of amides is 2. The highest BCUT2D eigenvalue weighted by molar-refractivity contribution is 5.88. The second kappa shape index (κ2) is 11.0. The van der Waals surface area contributed by atoms with Crippen molar-refractivity contribution in [1.29, 1.82) is 0 Å². The summed E-state index contributed by atoms with van der Waals surface area (Å²) in [6.45, 7) is 4.17. The number of rotatable bonds is 10. The molecular weight excluding hydrogens is 375 g/mol. The molecule has 2 aromatic carbocycles. The number of nitrogens with one attached hydrogen (secondary N) is 1. The van der Waals surface area contributed by atoms with Crippen LogP contribution in [0.5, 0.6) is 11.5 Å². The summed E-state index contributed by atoms with van der Waals surface area (Å²) in [6.07, 6.45) is 0.463. The Morgan fingerprint density at radius 3 is 2.21 bits per heavy atom. The van der Waals surface area contributed by atoms with Crippen LogP contribution in [0.1, 0.15) is 25.8 Å². The van der Waals surface area contributed by atoms with E-state index in [1.165, 1.54) is 29.2 Å². The van der Waals surface area contributed by atoms with Crippen LogP contribution in [0, 0.1) is 5.82 Å². The number of hydrogen-bond donors (Lipinski definition) is 1. The van der Waals surface area contributed by atoms with Crippen LogP contribution in [0.25, 0.3) is 0 Å². The highest BCUT2D eigenvalue weighted by Crippen LogP contribution is 2.17. The molecule has 0 radical (unpaired) electrons. The van der Waals surface area contributed by atoms with Gasteiger partial charge in [-0.05, 0) is 55.3 Å². The largest absolute Gasteiger partial charge is 0.497 e. The zero-order chi connectivity index (χ0) is 21.2. The Labute approximate surface area is 170 Å². The molecule has 0 fully saturated rings. The molecule has 1 N–H and O–H groups in total. The Bertz CT molecular complexity index is 793. The van der Waals surface area contributed by atoms with Crippen LogP contribution in [-0.2, 0) is 16.1 Å². The minimum absolute atomic E-state index is 0.210. The molecule has 7 heteroatoms. The minimum Gasteiger partial charge on any atom is -0.497 e. The summed E-state index contributed by atoms with van der Waals surface area (Å²) in [4.78, 5) is 27.0. The van der Waals surface area contributed by atoms with Gasteiger partial charge in [0, 0.05) is 13.1 Å². The third-order valence-corrected chi connectivity index (χ3v) is 4.42. The van der Waals surface area contributed by atoms with Gasteiger partial charge >= 0.3 is 0 Å². The first-order valence-electron chi connectivity index (χ1n) is 9.56. The van der Waals surface area contributed by atoms with Gasteiger partial charge in [0.15, 0.2) is 6.61 Å². The number of benzene rings is 2. The van der Waals surface area contributed by atoms with Gasteiger partial charge < -0.3 is 19.7 Å². The van der Waals surface area contributed by atoms with E-state index in [-0.39, 0.29) is 30.8 Å². The van der Waals surface area contributed by atoms with Crippen LogP contribution < -0.4 is 14.8 Å². The molecule has 2 rings (SSSR count). The zero-order valence-corrected chi connectivity index (χ0v) is 17.0. The number of hydrogen-bond acceptors (Lipinski definition) is 4. The SMILES string of the molecule is CCNC(=O)[C@@H](CC)N(Cc1ccc(OC)cc1)C(=O)COc1ccc(F)cc1. The van der Waals surface area contributed by atoms with Gasteiger partial charge in [0.25, 0.3) is 5.91 Å². The first-order valence-corrected chi connectivity index (χ1v) is 9.56. The second-order valence-electron chi connectivity index (χ2n) is 6.43. The summed E-state index contributed by atoms with van der Waals surface area (Å²) in [5.41, 5.74) is 0.865. The van der Waals surface area contributed by atoms with Gasteiger partial charge in [-0.15, -0.1) is 0 Å². The molecule has 156 valence electrons. The van der Waals surface area contributed by atoms with Gasteiger partial charge in [-0.25, -0.2) is 4.39 Å². The van der Waals surface area contributed by atoms with Gasteiger partial charge in [-0.2, -0.15) is 0 Å². The average Bonchev–Trinajstić information content (AvgIpc) is 2.73. The lowest BCUT2D eigenvalue weighted by atomic mass is 10.1. The van der Waals surface area contributed by atoms with E-state index in [4.69, 9.17) is 9.47 Å². The Morgan fingerprint density at radius 2 is 1.66 bits per heavy atom. The van der Waals surface area contributed by atoms with E-state index in [0.29, 0.717) is 24.5 Å². The quantitative estimate of drug-likeness (QED) is 0.663. The number of carbonyl (C=O) groups excluding carboxylic acids is 2. The number of methoxy groups -OCH3 is 1. The highest BCUT2D eigenvalue weighted by atomic mass is 19.1. The molecule has 0 aromatic heterocycles. The fourth-order valence-electron chi connectivity index (χ4n) is 2.90. The van der Waals surface area contributed by atoms with Gasteiger partial charge in [-0.1, -0.05) is 19.1 Å². The van der Waals surface area contributed by atoms with Crippen molar-refractivity contribution >= 4 is 11.8 Å². The summed E-state index contributed by atoms with van der Waals surface area (Å²) in [7, 11) is 1.58. The number of likely N-dealkylation sites (N-methyl/N-ethyl adjacent to an activating group) is 1. The third-order valence-electron chi connectivity index (χ3n) is 4.42. The fraction of sp³-hybridized carbons (Fsp3) is 0.364. The van der Waals surface area contributed by atoms with E-state index in [1.807, 2.05) is 26.0 Å². The van der Waals surface area contributed by atoms with E-state index in [2.05, 4.69) is 5.32 Å². The predicted octanol–water partition coefficient (Wildman–Crippen LogP) is 3.16. The van der Waals surface area contributed by atoms with Gasteiger partial charge in [0.05, 0.1) is 7.11 Å². The molecule has 0 aliphatic carbocycles. The lowest BCUT2D eigenvalue weighted by molar-refractivity contribution is -0.142. The van der Waals surface area contributed by atoms with Crippen LogP contribution in [0.3, 0.4) is 0 Å². The molecule has 2 amide bonds. The van der Waals surface area contributed by atoms with E-state index in [0.717, 1.165) is 5.56 Å². The maximum atomic E-state index is 13.0. The van der Waals surface area contributed by atoms with Gasteiger partial charge in [-0.3, -0.25) is 9.59 Å². The Morgan fingerprint density at radius 1 is 1.03 bits per heavy atom. The van der Waals surface area contributed by atoms with Crippen molar-refractivity contribution in [3.63, 3.8) is 0 Å². The van der Waals surface area contributed by atoms with Crippen molar-refractivity contribution in [2.75, 3.05) is 20.3 Å². The smallest absolute Gasteiger partial charge is 0.261 e. The molecule has 1 atom stereocenters. The summed E-state index contributed by atoms with van der Waals surface area (Å²) >= 11 is 0. The molecule has 0 aliphatic rings. The molecule has 2 aromatic rings. The molecule has 0 saturated heterocycles. The molecule has 0 unspecified atom stereocenters. The Kier molecular flexibility index (Phi) is 8.45. The lowest BCUT2D eigenvalue weighted by Gasteiger charge is -2.30. The topological polar surface area (TPSA) is 67.9 Å². The summed E-state index contributed by atoms with van der Waals surface area (Å²) in [6, 6.07) is 12.1. The minimum atomic E-state index is -0.624. The maximum absolute atomic E-state index is 13.0. The van der Waals surface area contributed by atoms with Crippen LogP contribution in [0.2, 0.25) is 0 Å². The third kappa shape index (κ3) is 6.48. The van der Waals surface area contributed by atoms with E-state index in [1.54, 1.807) is 19.2 Å². The van der Waals surface area contributed by atoms with E-state index in [9.17, 15) is 14.0 Å². The number of ether oxygens (including phenoxy) is 2. The van der Waals surface area contributed by atoms with Crippen molar-refractivity contribution in [3.8, 4) is 11.5 Å². The Balaban J connectivity index is 2.17. The monoisotopic (exact) mass is 402 g/mol. The molecule has 0 saturated carbocycles. The average molecular weight is 402 g/mol. The van der Waals surface area contributed by atoms with Gasteiger partial charge in [0.1, 0.15) is 23.4 Å². The van der Waals surface area contributed by atoms with Gasteiger partial charge in [0.2, 0.25) is 5.91 Å². The molecule has 0 spiro atoms. The molecule has 0 heterocycles. The second-order valence-corrected chi connectivity index (χ2v) is 6.43. The van der Waals surface area contributed by atoms with Crippen molar-refractivity contribution in [2.45, 2.75) is 32.9 Å². The first kappa shape index (κ1) is 22.2. The fourth-order valence-corrected chi connectivity index (χ4v) is 2.90. The normalized spacial score (nSPS) is 11.4. The molecule has 6 nitrogen and oxygen atoms in total. The van der Waals surface area contributed by atoms with Crippen LogP contribution in [0.4, 0.5) is 4.39 Å². The van der Waals surface area contributed by atoms with Crippen LogP contribution >= 0.6 is 0 Å². The standard InChI is InChI=1S/C22H27FN2O4/c1-4-20(22(27)24-5-2)25(14-16-6-10-18(28-3)11-7-16)21(26)15-29-19-12-8-17(23)9-13-19/h6-13,20H,4-5,14-15H2,1-3H3,(H,24,27)/t20-/m1/s1. The number of halogens is 1. The molecule has 29 heavy (non-hydrogen) atoms. The van der Waals surface area contributed by atoms with E-state index >= 15 is 0 Å². The number of nitrogens with zero attached hydrogens (tertiary/aromatic N) is 1. The van der Waals surface area contributed by atoms with E-state index < -0.39 is 6.04 Å². The van der Waals surface area contributed by atoms with Crippen molar-refractivity contribution in [2.24, 2.45) is 0 Å². The zero-order valence-electron chi connectivity index (χ0n) is 17.0. The van der Waals surface area contributed by atoms with Crippen LogP contribution in [0.15, 0.2) is 48.5 Å². The number of carbonyl (C=O) groups is 2.